The maximum Gasteiger partial charge on any atom is 0.311 e. The number of benzene rings is 1. The first-order valence-electron chi connectivity index (χ1n) is 5.88. The SMILES string of the molecule is O=C(O)Cc1ccc(-c2cccc3ncccc23)o1. The first-order chi connectivity index (χ1) is 9.24. The molecule has 94 valence electrons. The van der Waals surface area contributed by atoms with Crippen LogP contribution in [0.15, 0.2) is 53.1 Å². The molecule has 0 aliphatic rings. The highest BCUT2D eigenvalue weighted by atomic mass is 16.4. The summed E-state index contributed by atoms with van der Waals surface area (Å²) >= 11 is 0. The van der Waals surface area contributed by atoms with Crippen molar-refractivity contribution in [2.75, 3.05) is 0 Å². The average Bonchev–Trinajstić information content (AvgIpc) is 2.85. The molecular weight excluding hydrogens is 242 g/mol. The highest BCUT2D eigenvalue weighted by Crippen LogP contribution is 2.29. The lowest BCUT2D eigenvalue weighted by Gasteiger charge is -2.02. The van der Waals surface area contributed by atoms with Crippen LogP contribution in [0.2, 0.25) is 0 Å². The number of furan rings is 1. The van der Waals surface area contributed by atoms with Crippen LogP contribution in [0.5, 0.6) is 0 Å². The fourth-order valence-corrected chi connectivity index (χ4v) is 2.08. The van der Waals surface area contributed by atoms with Crippen LogP contribution >= 0.6 is 0 Å². The maximum absolute atomic E-state index is 10.7. The van der Waals surface area contributed by atoms with Gasteiger partial charge >= 0.3 is 5.97 Å². The van der Waals surface area contributed by atoms with Gasteiger partial charge in [-0.3, -0.25) is 9.78 Å². The molecule has 0 fully saturated rings. The van der Waals surface area contributed by atoms with Crippen molar-refractivity contribution < 1.29 is 14.3 Å². The van der Waals surface area contributed by atoms with Gasteiger partial charge in [0.2, 0.25) is 0 Å². The Balaban J connectivity index is 2.09. The number of carboxylic acids is 1. The van der Waals surface area contributed by atoms with E-state index in [9.17, 15) is 4.79 Å². The molecule has 0 atom stereocenters. The van der Waals surface area contributed by atoms with Gasteiger partial charge in [-0.05, 0) is 24.3 Å². The van der Waals surface area contributed by atoms with Gasteiger partial charge in [-0.25, -0.2) is 0 Å². The molecule has 3 aromatic rings. The van der Waals surface area contributed by atoms with Gasteiger partial charge in [0, 0.05) is 17.1 Å². The molecule has 0 spiro atoms. The molecule has 0 amide bonds. The summed E-state index contributed by atoms with van der Waals surface area (Å²) in [7, 11) is 0. The second-order valence-corrected chi connectivity index (χ2v) is 4.21. The number of nitrogens with zero attached hydrogens (tertiary/aromatic N) is 1. The summed E-state index contributed by atoms with van der Waals surface area (Å²) in [6, 6.07) is 13.1. The van der Waals surface area contributed by atoms with Crippen LogP contribution in [-0.2, 0) is 11.2 Å². The minimum atomic E-state index is -0.902. The molecule has 1 N–H and O–H groups in total. The summed E-state index contributed by atoms with van der Waals surface area (Å²) in [5.74, 6) is 0.207. The van der Waals surface area contributed by atoms with E-state index in [0.717, 1.165) is 16.5 Å². The zero-order chi connectivity index (χ0) is 13.2. The maximum atomic E-state index is 10.7. The smallest absolute Gasteiger partial charge is 0.311 e. The third-order valence-corrected chi connectivity index (χ3v) is 2.90. The van der Waals surface area contributed by atoms with E-state index in [1.54, 1.807) is 18.3 Å². The minimum Gasteiger partial charge on any atom is -0.481 e. The molecule has 0 unspecified atom stereocenters. The standard InChI is InChI=1S/C15H11NO3/c17-15(18)9-10-6-7-14(19-10)12-3-1-5-13-11(12)4-2-8-16-13/h1-8H,9H2,(H,17,18). The summed E-state index contributed by atoms with van der Waals surface area (Å²) in [4.78, 5) is 14.9. The first kappa shape index (κ1) is 11.5. The van der Waals surface area contributed by atoms with Gasteiger partial charge in [0.25, 0.3) is 0 Å². The second kappa shape index (κ2) is 4.57. The number of fused-ring (bicyclic) bond motifs is 1. The molecule has 3 rings (SSSR count). The molecule has 0 aliphatic heterocycles. The quantitative estimate of drug-likeness (QED) is 0.778. The Bertz CT molecular complexity index is 740. The number of hydrogen-bond donors (Lipinski definition) is 1. The molecule has 0 aliphatic carbocycles. The van der Waals surface area contributed by atoms with Crippen LogP contribution < -0.4 is 0 Å². The summed E-state index contributed by atoms with van der Waals surface area (Å²) in [6.07, 6.45) is 1.63. The Labute approximate surface area is 109 Å². The van der Waals surface area contributed by atoms with Crippen LogP contribution in [0.3, 0.4) is 0 Å². The van der Waals surface area contributed by atoms with Crippen LogP contribution in [0.1, 0.15) is 5.76 Å². The molecule has 2 heterocycles. The van der Waals surface area contributed by atoms with E-state index in [0.29, 0.717) is 11.5 Å². The van der Waals surface area contributed by atoms with E-state index in [4.69, 9.17) is 9.52 Å². The molecule has 19 heavy (non-hydrogen) atoms. The third kappa shape index (κ3) is 2.20. The van der Waals surface area contributed by atoms with Crippen LogP contribution in [0.25, 0.3) is 22.2 Å². The van der Waals surface area contributed by atoms with E-state index >= 15 is 0 Å². The number of carbonyl (C=O) groups is 1. The zero-order valence-corrected chi connectivity index (χ0v) is 10.0. The fraction of sp³-hybridized carbons (Fsp3) is 0.0667. The minimum absolute atomic E-state index is 0.108. The van der Waals surface area contributed by atoms with Crippen LogP contribution in [0.4, 0.5) is 0 Å². The molecular formula is C15H11NO3. The summed E-state index contributed by atoms with van der Waals surface area (Å²) in [5.41, 5.74) is 1.80. The van der Waals surface area contributed by atoms with Crippen LogP contribution in [-0.4, -0.2) is 16.1 Å². The summed E-state index contributed by atoms with van der Waals surface area (Å²) in [6.45, 7) is 0. The Hall–Kier alpha value is -2.62. The van der Waals surface area contributed by atoms with E-state index in [2.05, 4.69) is 4.98 Å². The van der Waals surface area contributed by atoms with Crippen molar-refractivity contribution in [3.05, 3.63) is 54.4 Å². The van der Waals surface area contributed by atoms with E-state index in [-0.39, 0.29) is 6.42 Å². The van der Waals surface area contributed by atoms with Crippen molar-refractivity contribution in [1.29, 1.82) is 0 Å². The van der Waals surface area contributed by atoms with Crippen LogP contribution in [0, 0.1) is 0 Å². The molecule has 2 aromatic heterocycles. The zero-order valence-electron chi connectivity index (χ0n) is 10.0. The Morgan fingerprint density at radius 1 is 1.16 bits per heavy atom. The molecule has 4 heteroatoms. The van der Waals surface area contributed by atoms with Crippen molar-refractivity contribution >= 4 is 16.9 Å². The number of aliphatic carboxylic acids is 1. The van der Waals surface area contributed by atoms with Gasteiger partial charge in [-0.1, -0.05) is 18.2 Å². The predicted octanol–water partition coefficient (Wildman–Crippen LogP) is 3.12. The Morgan fingerprint density at radius 2 is 2.05 bits per heavy atom. The number of rotatable bonds is 3. The van der Waals surface area contributed by atoms with Crippen molar-refractivity contribution in [2.45, 2.75) is 6.42 Å². The fourth-order valence-electron chi connectivity index (χ4n) is 2.08. The monoisotopic (exact) mass is 253 g/mol. The Kier molecular flexibility index (Phi) is 2.76. The van der Waals surface area contributed by atoms with E-state index < -0.39 is 5.97 Å². The number of carboxylic acid groups (broad SMARTS) is 1. The predicted molar refractivity (Wildman–Crippen MR) is 70.8 cm³/mol. The summed E-state index contributed by atoms with van der Waals surface area (Å²) < 4.78 is 5.58. The van der Waals surface area contributed by atoms with Crippen molar-refractivity contribution in [3.63, 3.8) is 0 Å². The van der Waals surface area contributed by atoms with Crippen molar-refractivity contribution in [2.24, 2.45) is 0 Å². The van der Waals surface area contributed by atoms with E-state index in [1.165, 1.54) is 0 Å². The molecule has 0 bridgehead atoms. The normalized spacial score (nSPS) is 10.7. The molecule has 1 aromatic carbocycles. The van der Waals surface area contributed by atoms with E-state index in [1.807, 2.05) is 30.3 Å². The lowest BCUT2D eigenvalue weighted by molar-refractivity contribution is -0.136. The number of aromatic nitrogens is 1. The van der Waals surface area contributed by atoms with Crippen molar-refractivity contribution in [1.82, 2.24) is 4.98 Å². The highest BCUT2D eigenvalue weighted by molar-refractivity contribution is 5.93. The molecule has 4 nitrogen and oxygen atoms in total. The largest absolute Gasteiger partial charge is 0.481 e. The van der Waals surface area contributed by atoms with Gasteiger partial charge in [-0.15, -0.1) is 0 Å². The average molecular weight is 253 g/mol. The highest BCUT2D eigenvalue weighted by Gasteiger charge is 2.10. The summed E-state index contributed by atoms with van der Waals surface area (Å²) in [5, 5.41) is 9.74. The molecule has 0 saturated heterocycles. The third-order valence-electron chi connectivity index (χ3n) is 2.90. The van der Waals surface area contributed by atoms with Gasteiger partial charge in [0.05, 0.1) is 5.52 Å². The number of hydrogen-bond acceptors (Lipinski definition) is 3. The first-order valence-corrected chi connectivity index (χ1v) is 5.88. The van der Waals surface area contributed by atoms with Gasteiger partial charge in [-0.2, -0.15) is 0 Å². The molecule has 0 radical (unpaired) electrons. The lowest BCUT2D eigenvalue weighted by atomic mass is 10.1. The van der Waals surface area contributed by atoms with Gasteiger partial charge in [0.15, 0.2) is 0 Å². The Morgan fingerprint density at radius 3 is 2.89 bits per heavy atom. The number of pyridine rings is 1. The molecule has 0 saturated carbocycles. The van der Waals surface area contributed by atoms with Crippen molar-refractivity contribution in [3.8, 4) is 11.3 Å². The lowest BCUT2D eigenvalue weighted by Crippen LogP contribution is -1.97. The topological polar surface area (TPSA) is 63.3 Å². The van der Waals surface area contributed by atoms with Gasteiger partial charge in [0.1, 0.15) is 17.9 Å². The second-order valence-electron chi connectivity index (χ2n) is 4.21. The van der Waals surface area contributed by atoms with Gasteiger partial charge < -0.3 is 9.52 Å².